The monoisotopic (exact) mass is 668 g/mol. The molecule has 3 rings (SSSR count). The van der Waals surface area contributed by atoms with Gasteiger partial charge >= 0.3 is 22.3 Å². The molecule has 15 heteroatoms. The summed E-state index contributed by atoms with van der Waals surface area (Å²) in [6.45, 7) is 0.256. The number of benzene rings is 3. The molecular formula is C28H37N3O8P3S+. The van der Waals surface area contributed by atoms with Gasteiger partial charge < -0.3 is 22.8 Å². The lowest BCUT2D eigenvalue weighted by Crippen LogP contribution is -2.31. The van der Waals surface area contributed by atoms with Crippen molar-refractivity contribution >= 4 is 40.3 Å². The number of hydrogen-bond acceptors (Lipinski definition) is 11. The Morgan fingerprint density at radius 1 is 0.837 bits per heavy atom. The van der Waals surface area contributed by atoms with Gasteiger partial charge in [-0.25, -0.2) is 0 Å². The van der Waals surface area contributed by atoms with Gasteiger partial charge in [-0.3, -0.25) is 18.6 Å². The quantitative estimate of drug-likeness (QED) is 0.0825. The Morgan fingerprint density at radius 3 is 1.95 bits per heavy atom. The van der Waals surface area contributed by atoms with Gasteiger partial charge in [0, 0.05) is 35.0 Å². The zero-order valence-corrected chi connectivity index (χ0v) is 28.4. The van der Waals surface area contributed by atoms with Crippen molar-refractivity contribution in [3.63, 3.8) is 0 Å². The molecule has 2 atom stereocenters. The van der Waals surface area contributed by atoms with E-state index in [-0.39, 0.29) is 12.8 Å². The molecule has 232 valence electrons. The average molecular weight is 669 g/mol. The first kappa shape index (κ1) is 35.0. The van der Waals surface area contributed by atoms with E-state index in [2.05, 4.69) is 5.10 Å². The lowest BCUT2D eigenvalue weighted by atomic mass is 10.1. The molecule has 0 saturated heterocycles. The minimum Gasteiger partial charge on any atom is -0.497 e. The smallest absolute Gasteiger partial charge is 0.497 e. The third-order valence-corrected chi connectivity index (χ3v) is 12.3. The normalized spacial score (nSPS) is 13.2. The van der Waals surface area contributed by atoms with E-state index in [0.717, 1.165) is 16.9 Å². The lowest BCUT2D eigenvalue weighted by molar-refractivity contribution is 0.182. The third kappa shape index (κ3) is 9.75. The molecule has 0 aliphatic heterocycles. The van der Waals surface area contributed by atoms with Crippen LogP contribution in [0.5, 0.6) is 11.5 Å². The van der Waals surface area contributed by atoms with Crippen LogP contribution in [-0.2, 0) is 45.6 Å². The molecule has 3 aromatic carbocycles. The van der Waals surface area contributed by atoms with Crippen molar-refractivity contribution in [2.24, 2.45) is 5.10 Å². The second-order valence-electron chi connectivity index (χ2n) is 9.03. The maximum atomic E-state index is 14.0. The Labute approximate surface area is 259 Å². The van der Waals surface area contributed by atoms with Crippen molar-refractivity contribution in [1.29, 1.82) is 0 Å². The zero-order valence-electron chi connectivity index (χ0n) is 24.9. The highest BCUT2D eigenvalue weighted by Crippen LogP contribution is 2.63. The zero-order chi connectivity index (χ0) is 31.5. The molecule has 0 saturated carbocycles. The highest BCUT2D eigenvalue weighted by atomic mass is 32.4. The number of methoxy groups -OCH3 is 1. The van der Waals surface area contributed by atoms with Gasteiger partial charge in [0.05, 0.1) is 20.4 Å². The Bertz CT molecular complexity index is 1430. The summed E-state index contributed by atoms with van der Waals surface area (Å²) >= 11 is 5.56. The second kappa shape index (κ2) is 16.5. The van der Waals surface area contributed by atoms with Crippen molar-refractivity contribution < 1.29 is 36.5 Å². The van der Waals surface area contributed by atoms with Crippen LogP contribution in [0.15, 0.2) is 84.0 Å². The molecule has 0 spiro atoms. The molecule has 2 unspecified atom stereocenters. The van der Waals surface area contributed by atoms with Gasteiger partial charge in [0.25, 0.3) is 0 Å². The summed E-state index contributed by atoms with van der Waals surface area (Å²) < 4.78 is 61.4. The van der Waals surface area contributed by atoms with Crippen molar-refractivity contribution in [3.8, 4) is 11.5 Å². The van der Waals surface area contributed by atoms with E-state index in [0.29, 0.717) is 11.3 Å². The van der Waals surface area contributed by atoms with Crippen molar-refractivity contribution in [3.05, 3.63) is 95.6 Å². The first-order valence-electron chi connectivity index (χ1n) is 13.0. The van der Waals surface area contributed by atoms with E-state index in [1.165, 1.54) is 28.4 Å². The Balaban J connectivity index is 1.87. The summed E-state index contributed by atoms with van der Waals surface area (Å²) in [5.41, 5.74) is 2.35. The summed E-state index contributed by atoms with van der Waals surface area (Å²) in [5.74, 6) is 0.290. The highest BCUT2D eigenvalue weighted by molar-refractivity contribution is 8.02. The summed E-state index contributed by atoms with van der Waals surface area (Å²) in [5, 5.41) is 4.40. The maximum Gasteiger partial charge on any atom is 0.540 e. The molecule has 0 aliphatic rings. The van der Waals surface area contributed by atoms with Crippen LogP contribution in [0.25, 0.3) is 0 Å². The summed E-state index contributed by atoms with van der Waals surface area (Å²) in [6.07, 6.45) is 1.51. The molecule has 0 N–H and O–H groups in total. The van der Waals surface area contributed by atoms with Gasteiger partial charge in [0.15, 0.2) is 5.75 Å². The standard InChI is InChI=1S/C28H37N3O8P3S/c1-30(29-20-23-12-16-26(34-2)17-13-23)40(43)39-27-18-14-25(15-19-27)28(42(33,37-5)38-6)31(22-41(32,35-3)36-4)21-24-10-8-7-9-11-24/h7-20,28H,21-22H2,1-6H3/q+1/b29-20-. The maximum absolute atomic E-state index is 14.0. The third-order valence-electron chi connectivity index (χ3n) is 6.38. The topological polar surface area (TPSA) is 108 Å². The fourth-order valence-corrected chi connectivity index (χ4v) is 7.85. The summed E-state index contributed by atoms with van der Waals surface area (Å²) in [6, 6.07) is 23.9. The van der Waals surface area contributed by atoms with Crippen LogP contribution in [-0.4, -0.2) is 64.8 Å². The summed E-state index contributed by atoms with van der Waals surface area (Å²) in [7, 11) is -0.334. The van der Waals surface area contributed by atoms with E-state index in [1.807, 2.05) is 54.6 Å². The van der Waals surface area contributed by atoms with Gasteiger partial charge in [0.2, 0.25) is 11.8 Å². The van der Waals surface area contributed by atoms with Gasteiger partial charge in [-0.15, -0.1) is 5.10 Å². The number of hydrogen-bond donors (Lipinski definition) is 0. The van der Waals surface area contributed by atoms with E-state index in [9.17, 15) is 9.13 Å². The largest absolute Gasteiger partial charge is 0.540 e. The predicted octanol–water partition coefficient (Wildman–Crippen LogP) is 7.24. The van der Waals surface area contributed by atoms with E-state index >= 15 is 0 Å². The van der Waals surface area contributed by atoms with Gasteiger partial charge in [-0.2, -0.15) is 0 Å². The Hall–Kier alpha value is -2.49. The van der Waals surface area contributed by atoms with Gasteiger partial charge in [-0.1, -0.05) is 47.2 Å². The second-order valence-corrected chi connectivity index (χ2v) is 15.7. The number of hydrazone groups is 1. The molecule has 0 heterocycles. The first-order chi connectivity index (χ1) is 20.6. The lowest BCUT2D eigenvalue weighted by Gasteiger charge is -2.36. The molecule has 0 aromatic heterocycles. The minimum absolute atomic E-state index is 0.178. The Kier molecular flexibility index (Phi) is 13.5. The van der Waals surface area contributed by atoms with Crippen LogP contribution < -0.4 is 9.26 Å². The van der Waals surface area contributed by atoms with Gasteiger partial charge in [0.1, 0.15) is 17.8 Å². The van der Waals surface area contributed by atoms with E-state index in [1.54, 1.807) is 54.3 Å². The van der Waals surface area contributed by atoms with Crippen molar-refractivity contribution in [1.82, 2.24) is 9.68 Å². The van der Waals surface area contributed by atoms with Gasteiger partial charge in [-0.05, 0) is 53.1 Å². The molecule has 0 fully saturated rings. The molecule has 0 amide bonds. The van der Waals surface area contributed by atoms with Crippen LogP contribution in [0.4, 0.5) is 0 Å². The van der Waals surface area contributed by atoms with Crippen LogP contribution in [0.3, 0.4) is 0 Å². The van der Waals surface area contributed by atoms with E-state index in [4.69, 9.17) is 39.2 Å². The molecule has 43 heavy (non-hydrogen) atoms. The average Bonchev–Trinajstić information content (AvgIpc) is 3.04. The molecule has 11 nitrogen and oxygen atoms in total. The highest BCUT2D eigenvalue weighted by Gasteiger charge is 2.43. The fourth-order valence-electron chi connectivity index (χ4n) is 4.04. The minimum atomic E-state index is -3.81. The van der Waals surface area contributed by atoms with Crippen LogP contribution in [0.1, 0.15) is 22.5 Å². The molecular weight excluding hydrogens is 631 g/mol. The fraction of sp³-hybridized carbons (Fsp3) is 0.321. The predicted molar refractivity (Wildman–Crippen MR) is 173 cm³/mol. The van der Waals surface area contributed by atoms with Crippen LogP contribution in [0.2, 0.25) is 0 Å². The summed E-state index contributed by atoms with van der Waals surface area (Å²) in [4.78, 5) is 1.72. The number of ether oxygens (including phenoxy) is 1. The number of rotatable bonds is 17. The van der Waals surface area contributed by atoms with Crippen LogP contribution >= 0.6 is 22.3 Å². The van der Waals surface area contributed by atoms with Crippen molar-refractivity contribution in [2.45, 2.75) is 12.3 Å². The Morgan fingerprint density at radius 2 is 1.42 bits per heavy atom. The first-order valence-corrected chi connectivity index (χ1v) is 18.5. The molecule has 0 radical (unpaired) electrons. The molecule has 3 aromatic rings. The molecule has 0 bridgehead atoms. The molecule has 0 aliphatic carbocycles. The van der Waals surface area contributed by atoms with Crippen LogP contribution in [0, 0.1) is 0 Å². The SMILES string of the molecule is COc1ccc(/C=N\N(C)[P+](=S)Oc2ccc(C(N(Cc3ccccc3)CP(=O)(OC)OC)P(=O)(OC)OC)cc2)cc1. The van der Waals surface area contributed by atoms with E-state index < -0.39 is 28.0 Å². The van der Waals surface area contributed by atoms with Crippen molar-refractivity contribution in [2.75, 3.05) is 48.9 Å². The number of nitrogens with zero attached hydrogens (tertiary/aromatic N) is 3.